The van der Waals surface area contributed by atoms with Gasteiger partial charge < -0.3 is 9.72 Å². The number of carbonyl (C=O) groups excluding carboxylic acids is 1. The number of aromatic amines is 1. The smallest absolute Gasteiger partial charge is 0.341 e. The van der Waals surface area contributed by atoms with Gasteiger partial charge in [0.05, 0.1) is 16.9 Å². The first-order valence-corrected chi connectivity index (χ1v) is 9.27. The van der Waals surface area contributed by atoms with Gasteiger partial charge in [-0.2, -0.15) is 0 Å². The normalized spacial score (nSPS) is 11.6. The first-order chi connectivity index (χ1) is 13.3. The van der Waals surface area contributed by atoms with Crippen LogP contribution in [0.5, 0.6) is 0 Å². The Labute approximate surface area is 163 Å². The number of hydrogen-bond donors (Lipinski definition) is 1. The third-order valence-electron chi connectivity index (χ3n) is 4.18. The van der Waals surface area contributed by atoms with E-state index in [1.165, 1.54) is 35.6 Å². The molecule has 0 bridgehead atoms. The number of benzene rings is 1. The predicted octanol–water partition coefficient (Wildman–Crippen LogP) is 3.61. The molecule has 2 aromatic heterocycles. The lowest BCUT2D eigenvalue weighted by Gasteiger charge is -2.07. The molecule has 144 valence electrons. The summed E-state index contributed by atoms with van der Waals surface area (Å²) >= 11 is 1.36. The van der Waals surface area contributed by atoms with Crippen molar-refractivity contribution in [1.29, 1.82) is 0 Å². The van der Waals surface area contributed by atoms with Crippen LogP contribution in [0.1, 0.15) is 28.8 Å². The van der Waals surface area contributed by atoms with Gasteiger partial charge in [-0.1, -0.05) is 12.1 Å². The van der Waals surface area contributed by atoms with Gasteiger partial charge in [-0.15, -0.1) is 11.3 Å². The van der Waals surface area contributed by atoms with Crippen LogP contribution in [-0.2, 0) is 9.53 Å². The molecule has 9 heteroatoms. The van der Waals surface area contributed by atoms with Crippen LogP contribution in [0, 0.1) is 24.0 Å². The summed E-state index contributed by atoms with van der Waals surface area (Å²) < 4.78 is 5.09. The van der Waals surface area contributed by atoms with Crippen LogP contribution in [0.2, 0.25) is 0 Å². The van der Waals surface area contributed by atoms with Crippen LogP contribution < -0.4 is 5.56 Å². The fourth-order valence-corrected chi connectivity index (χ4v) is 3.74. The second-order valence-electron chi connectivity index (χ2n) is 6.01. The molecule has 0 amide bonds. The highest BCUT2D eigenvalue weighted by atomic mass is 32.1. The Kier molecular flexibility index (Phi) is 5.36. The van der Waals surface area contributed by atoms with Crippen LogP contribution >= 0.6 is 11.3 Å². The summed E-state index contributed by atoms with van der Waals surface area (Å²) in [5.41, 5.74) is 0.818. The topological polar surface area (TPSA) is 115 Å². The number of ether oxygens (including phenoxy) is 1. The number of rotatable bonds is 5. The molecule has 3 aromatic rings. The van der Waals surface area contributed by atoms with Gasteiger partial charge in [-0.05, 0) is 38.0 Å². The number of aryl methyl sites for hydroxylation is 2. The van der Waals surface area contributed by atoms with E-state index < -0.39 is 10.9 Å². The maximum Gasteiger partial charge on any atom is 0.341 e. The van der Waals surface area contributed by atoms with E-state index in [0.717, 1.165) is 10.4 Å². The summed E-state index contributed by atoms with van der Waals surface area (Å²) in [6, 6.07) is 5.81. The van der Waals surface area contributed by atoms with E-state index in [2.05, 4.69) is 9.97 Å². The number of nitrogens with zero attached hydrogens (tertiary/aromatic N) is 2. The van der Waals surface area contributed by atoms with Gasteiger partial charge in [0.2, 0.25) is 0 Å². The van der Waals surface area contributed by atoms with Gasteiger partial charge in [0.1, 0.15) is 16.2 Å². The Bertz CT molecular complexity index is 1180. The van der Waals surface area contributed by atoms with E-state index >= 15 is 0 Å². The van der Waals surface area contributed by atoms with Crippen molar-refractivity contribution in [2.75, 3.05) is 6.61 Å². The molecule has 0 saturated heterocycles. The van der Waals surface area contributed by atoms with E-state index in [-0.39, 0.29) is 29.3 Å². The zero-order valence-electron chi connectivity index (χ0n) is 15.4. The van der Waals surface area contributed by atoms with Gasteiger partial charge in [0, 0.05) is 17.0 Å². The Morgan fingerprint density at radius 2 is 2.14 bits per heavy atom. The van der Waals surface area contributed by atoms with Gasteiger partial charge in [-0.3, -0.25) is 14.9 Å². The number of nitrogens with one attached hydrogen (secondary N) is 1. The minimum absolute atomic E-state index is 0.0186. The number of carbonyl (C=O) groups is 1. The van der Waals surface area contributed by atoms with Crippen molar-refractivity contribution in [1.82, 2.24) is 9.97 Å². The number of aromatic nitrogens is 2. The lowest BCUT2D eigenvalue weighted by molar-refractivity contribution is -0.384. The lowest BCUT2D eigenvalue weighted by Crippen LogP contribution is -2.15. The van der Waals surface area contributed by atoms with Gasteiger partial charge in [0.25, 0.3) is 11.2 Å². The summed E-state index contributed by atoms with van der Waals surface area (Å²) in [5, 5.41) is 11.5. The molecule has 0 aliphatic heterocycles. The number of hydrogen-bond acceptors (Lipinski definition) is 7. The number of thiophene rings is 1. The Hall–Kier alpha value is -3.33. The highest BCUT2D eigenvalue weighted by Gasteiger charge is 2.20. The monoisotopic (exact) mass is 399 g/mol. The predicted molar refractivity (Wildman–Crippen MR) is 107 cm³/mol. The van der Waals surface area contributed by atoms with Crippen LogP contribution in [0.4, 0.5) is 5.69 Å². The molecule has 0 atom stereocenters. The minimum atomic E-state index is -0.679. The molecule has 1 aromatic carbocycles. The summed E-state index contributed by atoms with van der Waals surface area (Å²) in [5.74, 6) is -0.620. The summed E-state index contributed by atoms with van der Waals surface area (Å²) in [4.78, 5) is 44.1. The van der Waals surface area contributed by atoms with Crippen LogP contribution in [0.3, 0.4) is 0 Å². The third-order valence-corrected chi connectivity index (χ3v) is 5.28. The summed E-state index contributed by atoms with van der Waals surface area (Å²) in [7, 11) is 0. The number of fused-ring (bicyclic) bond motifs is 1. The first kappa shape index (κ1) is 19.4. The Balaban J connectivity index is 2.20. The second-order valence-corrected chi connectivity index (χ2v) is 7.21. The van der Waals surface area contributed by atoms with Crippen molar-refractivity contribution in [3.05, 3.63) is 66.6 Å². The number of nitro benzene ring substituents is 1. The van der Waals surface area contributed by atoms with Crippen molar-refractivity contribution in [2.24, 2.45) is 0 Å². The van der Waals surface area contributed by atoms with Crippen molar-refractivity contribution < 1.29 is 14.5 Å². The van der Waals surface area contributed by atoms with E-state index in [1.54, 1.807) is 13.0 Å². The molecule has 0 fully saturated rings. The molecular weight excluding hydrogens is 382 g/mol. The number of H-pyrrole nitrogens is 1. The maximum absolute atomic E-state index is 12.6. The van der Waals surface area contributed by atoms with Gasteiger partial charge in [-0.25, -0.2) is 9.78 Å². The van der Waals surface area contributed by atoms with Crippen LogP contribution in [0.15, 0.2) is 29.1 Å². The molecule has 0 aliphatic carbocycles. The van der Waals surface area contributed by atoms with Crippen LogP contribution in [-0.4, -0.2) is 27.5 Å². The van der Waals surface area contributed by atoms with E-state index in [4.69, 9.17) is 4.74 Å². The molecule has 0 saturated carbocycles. The second kappa shape index (κ2) is 7.73. The third kappa shape index (κ3) is 3.70. The molecule has 1 N–H and O–H groups in total. The zero-order chi connectivity index (χ0) is 20.4. The SMILES string of the molecule is CCOC(=O)/C(=C\c1cccc([N+](=O)[O-])c1)c1nc2sc(C)c(C)c2c(=O)[nH]1. The largest absolute Gasteiger partial charge is 0.462 e. The van der Waals surface area contributed by atoms with Crippen molar-refractivity contribution in [3.63, 3.8) is 0 Å². The molecule has 2 heterocycles. The number of nitro groups is 1. The first-order valence-electron chi connectivity index (χ1n) is 8.45. The molecule has 3 rings (SSSR count). The Morgan fingerprint density at radius 1 is 1.39 bits per heavy atom. The van der Waals surface area contributed by atoms with Crippen molar-refractivity contribution in [2.45, 2.75) is 20.8 Å². The average Bonchev–Trinajstić information content (AvgIpc) is 2.94. The molecule has 0 radical (unpaired) electrons. The molecule has 8 nitrogen and oxygen atoms in total. The standard InChI is InChI=1S/C19H17N3O5S/c1-4-27-19(24)14(9-12-6-5-7-13(8-12)22(25)26)16-20-17(23)15-10(2)11(3)28-18(15)21-16/h5-9H,4H2,1-3H3,(H,20,21,23)/b14-9-. The number of non-ortho nitro benzene ring substituents is 1. The van der Waals surface area contributed by atoms with E-state index in [9.17, 15) is 19.7 Å². The lowest BCUT2D eigenvalue weighted by atomic mass is 10.1. The fourth-order valence-electron chi connectivity index (χ4n) is 2.71. The zero-order valence-corrected chi connectivity index (χ0v) is 16.3. The molecule has 28 heavy (non-hydrogen) atoms. The maximum atomic E-state index is 12.6. The van der Waals surface area contributed by atoms with E-state index in [1.807, 2.05) is 13.8 Å². The van der Waals surface area contributed by atoms with Crippen LogP contribution in [0.25, 0.3) is 21.9 Å². The summed E-state index contributed by atoms with van der Waals surface area (Å²) in [6.07, 6.45) is 1.42. The van der Waals surface area contributed by atoms with E-state index in [0.29, 0.717) is 15.8 Å². The molecule has 0 unspecified atom stereocenters. The fraction of sp³-hybridized carbons (Fsp3) is 0.211. The molecule has 0 spiro atoms. The van der Waals surface area contributed by atoms with Gasteiger partial charge >= 0.3 is 5.97 Å². The average molecular weight is 399 g/mol. The molecular formula is C19H17N3O5S. The summed E-state index contributed by atoms with van der Waals surface area (Å²) in [6.45, 7) is 5.53. The van der Waals surface area contributed by atoms with Crippen molar-refractivity contribution in [3.8, 4) is 0 Å². The quantitative estimate of drug-likeness (QED) is 0.303. The van der Waals surface area contributed by atoms with Gasteiger partial charge in [0.15, 0.2) is 0 Å². The Morgan fingerprint density at radius 3 is 2.82 bits per heavy atom. The highest BCUT2D eigenvalue weighted by molar-refractivity contribution is 7.18. The van der Waals surface area contributed by atoms with Crippen molar-refractivity contribution >= 4 is 44.9 Å². The minimum Gasteiger partial charge on any atom is -0.462 e. The highest BCUT2D eigenvalue weighted by Crippen LogP contribution is 2.27. The molecule has 0 aliphatic rings. The number of esters is 1.